The minimum atomic E-state index is 0.546. The maximum absolute atomic E-state index is 5.36. The van der Waals surface area contributed by atoms with Crippen molar-refractivity contribution >= 4 is 11.3 Å². The van der Waals surface area contributed by atoms with Crippen LogP contribution < -0.4 is 0 Å². The fourth-order valence-corrected chi connectivity index (χ4v) is 2.52. The molecule has 0 saturated heterocycles. The molecule has 0 radical (unpaired) electrons. The van der Waals surface area contributed by atoms with E-state index in [0.717, 1.165) is 23.4 Å². The normalized spacial score (nSPS) is 11.2. The molecule has 0 amide bonds. The van der Waals surface area contributed by atoms with Crippen molar-refractivity contribution in [1.82, 2.24) is 20.0 Å². The van der Waals surface area contributed by atoms with Crippen LogP contribution in [0.4, 0.5) is 0 Å². The molecule has 6 heteroatoms. The lowest BCUT2D eigenvalue weighted by atomic mass is 10.1. The Labute approximate surface area is 127 Å². The molecule has 0 aliphatic rings. The third-order valence-electron chi connectivity index (χ3n) is 3.10. The summed E-state index contributed by atoms with van der Waals surface area (Å²) in [6.45, 7) is 1.01. The van der Waals surface area contributed by atoms with Crippen molar-refractivity contribution in [2.24, 2.45) is 0 Å². The highest BCUT2D eigenvalue weighted by molar-refractivity contribution is 7.13. The predicted octanol–water partition coefficient (Wildman–Crippen LogP) is 2.96. The molecule has 0 aliphatic carbocycles. The van der Waals surface area contributed by atoms with E-state index in [1.807, 2.05) is 12.1 Å². The van der Waals surface area contributed by atoms with Gasteiger partial charge in [-0.25, -0.2) is 0 Å². The summed E-state index contributed by atoms with van der Waals surface area (Å²) in [7, 11) is 4.15. The van der Waals surface area contributed by atoms with Crippen molar-refractivity contribution in [2.75, 3.05) is 20.6 Å². The number of thiazole rings is 1. The first kappa shape index (κ1) is 13.9. The lowest BCUT2D eigenvalue weighted by Crippen LogP contribution is -2.14. The predicted molar refractivity (Wildman–Crippen MR) is 83.1 cm³/mol. The molecule has 3 aromatic rings. The zero-order chi connectivity index (χ0) is 14.7. The van der Waals surface area contributed by atoms with E-state index in [9.17, 15) is 0 Å². The van der Waals surface area contributed by atoms with Crippen molar-refractivity contribution < 1.29 is 4.52 Å². The van der Waals surface area contributed by atoms with Gasteiger partial charge in [0.15, 0.2) is 0 Å². The largest absolute Gasteiger partial charge is 0.334 e. The molecule has 0 spiro atoms. The molecule has 108 valence electrons. The van der Waals surface area contributed by atoms with Gasteiger partial charge < -0.3 is 9.42 Å². The Balaban J connectivity index is 1.82. The van der Waals surface area contributed by atoms with Gasteiger partial charge in [-0.3, -0.25) is 4.98 Å². The minimum Gasteiger partial charge on any atom is -0.334 e. The molecule has 0 unspecified atom stereocenters. The smallest absolute Gasteiger partial charge is 0.258 e. The van der Waals surface area contributed by atoms with Crippen LogP contribution in [0.5, 0.6) is 0 Å². The minimum absolute atomic E-state index is 0.546. The third-order valence-corrected chi connectivity index (χ3v) is 3.87. The van der Waals surface area contributed by atoms with E-state index in [1.165, 1.54) is 16.9 Å². The maximum Gasteiger partial charge on any atom is 0.258 e. The van der Waals surface area contributed by atoms with Gasteiger partial charge in [0, 0.05) is 18.3 Å². The summed E-state index contributed by atoms with van der Waals surface area (Å²) >= 11 is 1.50. The maximum atomic E-state index is 5.36. The van der Waals surface area contributed by atoms with Crippen LogP contribution >= 0.6 is 11.3 Å². The topological polar surface area (TPSA) is 55.1 Å². The molecular formula is C15H16N4OS. The van der Waals surface area contributed by atoms with Crippen LogP contribution in [0.3, 0.4) is 0 Å². The Morgan fingerprint density at radius 3 is 2.95 bits per heavy atom. The zero-order valence-corrected chi connectivity index (χ0v) is 12.8. The summed E-state index contributed by atoms with van der Waals surface area (Å²) in [6.07, 6.45) is 2.74. The molecule has 2 aromatic heterocycles. The van der Waals surface area contributed by atoms with Crippen molar-refractivity contribution in [3.8, 4) is 22.2 Å². The Kier molecular flexibility index (Phi) is 4.08. The lowest BCUT2D eigenvalue weighted by molar-refractivity contribution is 0.413. The quantitative estimate of drug-likeness (QED) is 0.725. The monoisotopic (exact) mass is 300 g/mol. The number of rotatable bonds is 5. The molecule has 0 saturated carbocycles. The standard InChI is InChI=1S/C15H16N4OS/c1-19(2)7-6-11-4-3-5-12(8-11)15-17-14(18-20-15)13-9-16-10-21-13/h3-5,8-10H,6-7H2,1-2H3. The summed E-state index contributed by atoms with van der Waals surface area (Å²) in [5, 5.41) is 4.01. The summed E-state index contributed by atoms with van der Waals surface area (Å²) in [5.41, 5.74) is 3.97. The fourth-order valence-electron chi connectivity index (χ4n) is 1.98. The average molecular weight is 300 g/mol. The Bertz CT molecular complexity index is 706. The fraction of sp³-hybridized carbons (Fsp3) is 0.267. The summed E-state index contributed by atoms with van der Waals surface area (Å²) in [4.78, 5) is 11.5. The molecule has 3 rings (SSSR count). The summed E-state index contributed by atoms with van der Waals surface area (Å²) in [5.74, 6) is 1.14. The van der Waals surface area contributed by atoms with Gasteiger partial charge in [0.1, 0.15) is 0 Å². The number of likely N-dealkylation sites (N-methyl/N-ethyl adjacent to an activating group) is 1. The molecule has 5 nitrogen and oxygen atoms in total. The van der Waals surface area contributed by atoms with E-state index in [1.54, 1.807) is 11.7 Å². The van der Waals surface area contributed by atoms with Gasteiger partial charge in [-0.05, 0) is 38.2 Å². The molecule has 21 heavy (non-hydrogen) atoms. The molecule has 0 aliphatic heterocycles. The van der Waals surface area contributed by atoms with Crippen LogP contribution in [-0.2, 0) is 6.42 Å². The van der Waals surface area contributed by atoms with Crippen LogP contribution in [-0.4, -0.2) is 40.7 Å². The first-order chi connectivity index (χ1) is 10.2. The van der Waals surface area contributed by atoms with E-state index in [2.05, 4.69) is 46.3 Å². The van der Waals surface area contributed by atoms with E-state index in [-0.39, 0.29) is 0 Å². The summed E-state index contributed by atoms with van der Waals surface area (Å²) < 4.78 is 5.36. The van der Waals surface area contributed by atoms with E-state index in [0.29, 0.717) is 11.7 Å². The van der Waals surface area contributed by atoms with Gasteiger partial charge in [0.2, 0.25) is 5.82 Å². The molecular weight excluding hydrogens is 284 g/mol. The van der Waals surface area contributed by atoms with Crippen LogP contribution in [0.2, 0.25) is 0 Å². The number of nitrogens with zero attached hydrogens (tertiary/aromatic N) is 4. The molecule has 1 aromatic carbocycles. The van der Waals surface area contributed by atoms with Gasteiger partial charge in [-0.1, -0.05) is 17.3 Å². The Morgan fingerprint density at radius 2 is 2.19 bits per heavy atom. The van der Waals surface area contributed by atoms with E-state index < -0.39 is 0 Å². The van der Waals surface area contributed by atoms with Crippen molar-refractivity contribution in [2.45, 2.75) is 6.42 Å². The molecule has 0 N–H and O–H groups in total. The Hall–Kier alpha value is -2.05. The summed E-state index contributed by atoms with van der Waals surface area (Å²) in [6, 6.07) is 8.24. The van der Waals surface area contributed by atoms with Crippen LogP contribution in [0.1, 0.15) is 5.56 Å². The highest BCUT2D eigenvalue weighted by Crippen LogP contribution is 2.24. The second kappa shape index (κ2) is 6.15. The second-order valence-corrected chi connectivity index (χ2v) is 5.93. The van der Waals surface area contributed by atoms with E-state index in [4.69, 9.17) is 4.52 Å². The third kappa shape index (κ3) is 3.34. The van der Waals surface area contributed by atoms with Gasteiger partial charge in [-0.2, -0.15) is 4.98 Å². The van der Waals surface area contributed by atoms with Crippen molar-refractivity contribution in [1.29, 1.82) is 0 Å². The number of benzene rings is 1. The van der Waals surface area contributed by atoms with Crippen LogP contribution in [0.25, 0.3) is 22.2 Å². The Morgan fingerprint density at radius 1 is 1.29 bits per heavy atom. The van der Waals surface area contributed by atoms with Crippen LogP contribution in [0, 0.1) is 0 Å². The molecule has 0 fully saturated rings. The molecule has 2 heterocycles. The number of hydrogen-bond donors (Lipinski definition) is 0. The highest BCUT2D eigenvalue weighted by atomic mass is 32.1. The average Bonchev–Trinajstić information content (AvgIpc) is 3.16. The van der Waals surface area contributed by atoms with E-state index >= 15 is 0 Å². The van der Waals surface area contributed by atoms with Gasteiger partial charge in [-0.15, -0.1) is 11.3 Å². The highest BCUT2D eigenvalue weighted by Gasteiger charge is 2.12. The molecule has 0 atom stereocenters. The lowest BCUT2D eigenvalue weighted by Gasteiger charge is -2.09. The van der Waals surface area contributed by atoms with Gasteiger partial charge in [0.05, 0.1) is 10.4 Å². The SMILES string of the molecule is CN(C)CCc1cccc(-c2nc(-c3cncs3)no2)c1. The first-order valence-corrected chi connectivity index (χ1v) is 7.57. The van der Waals surface area contributed by atoms with Crippen molar-refractivity contribution in [3.63, 3.8) is 0 Å². The zero-order valence-electron chi connectivity index (χ0n) is 12.0. The van der Waals surface area contributed by atoms with Gasteiger partial charge in [0.25, 0.3) is 5.89 Å². The number of aromatic nitrogens is 3. The first-order valence-electron chi connectivity index (χ1n) is 6.69. The number of hydrogen-bond acceptors (Lipinski definition) is 6. The molecule has 0 bridgehead atoms. The van der Waals surface area contributed by atoms with Crippen LogP contribution in [0.15, 0.2) is 40.5 Å². The second-order valence-electron chi connectivity index (χ2n) is 5.04. The van der Waals surface area contributed by atoms with Crippen molar-refractivity contribution in [3.05, 3.63) is 41.5 Å². The van der Waals surface area contributed by atoms with Gasteiger partial charge >= 0.3 is 0 Å².